The van der Waals surface area contributed by atoms with E-state index < -0.39 is 6.04 Å². The molecular formula is C48H95KN9O11S-. The maximum Gasteiger partial charge on any atom is 1.00 e. The van der Waals surface area contributed by atoms with Crippen molar-refractivity contribution in [3.05, 3.63) is 24.6 Å². The molecule has 0 aliphatic rings. The van der Waals surface area contributed by atoms with Crippen LogP contribution in [0.15, 0.2) is 12.3 Å². The number of hydrogen-bond acceptors (Lipinski definition) is 13. The van der Waals surface area contributed by atoms with Crippen molar-refractivity contribution in [3.8, 4) is 0 Å². The van der Waals surface area contributed by atoms with Gasteiger partial charge in [-0.25, -0.2) is 13.2 Å². The van der Waals surface area contributed by atoms with Crippen LogP contribution in [0.2, 0.25) is 0 Å². The van der Waals surface area contributed by atoms with E-state index >= 15 is 0 Å². The zero-order valence-electron chi connectivity index (χ0n) is 43.9. The molecule has 0 aliphatic heterocycles. The number of unbranched alkanes of at least 4 members (excludes halogenated alkanes) is 4. The number of hydrogen-bond donors (Lipinski definition) is 8. The number of nitrogens with one attached hydrogen (secondary N) is 6. The second-order valence-electron chi connectivity index (χ2n) is 15.9. The van der Waals surface area contributed by atoms with Gasteiger partial charge >= 0.3 is 51.4 Å². The van der Waals surface area contributed by atoms with E-state index in [9.17, 15) is 33.6 Å². The van der Waals surface area contributed by atoms with E-state index in [1.807, 2.05) is 17.5 Å². The molecule has 0 bridgehead atoms. The average Bonchev–Trinajstić information content (AvgIpc) is 3.30. The summed E-state index contributed by atoms with van der Waals surface area (Å²) in [6, 6.07) is -0.692. The van der Waals surface area contributed by atoms with E-state index in [4.69, 9.17) is 41.9 Å². The molecule has 0 aromatic heterocycles. The molecule has 0 heterocycles. The molecule has 0 aromatic carbocycles. The Morgan fingerprint density at radius 2 is 1.06 bits per heavy atom. The summed E-state index contributed by atoms with van der Waals surface area (Å²) in [5.74, 6) is -1.19. The molecular weight excluding hydrogens is 950 g/mol. The molecule has 12 N–H and O–H groups in total. The van der Waals surface area contributed by atoms with Gasteiger partial charge in [-0.3, -0.25) is 33.6 Å². The number of amides is 7. The van der Waals surface area contributed by atoms with Crippen LogP contribution in [0.4, 0.5) is 0 Å². The van der Waals surface area contributed by atoms with Crippen LogP contribution in [0.3, 0.4) is 0 Å². The molecule has 22 heteroatoms. The molecule has 0 aliphatic carbocycles. The van der Waals surface area contributed by atoms with Crippen molar-refractivity contribution >= 4 is 53.1 Å². The van der Waals surface area contributed by atoms with Crippen molar-refractivity contribution in [1.29, 1.82) is 0 Å². The van der Waals surface area contributed by atoms with Crippen LogP contribution in [0.5, 0.6) is 0 Å². The fraction of sp³-hybridized carbons (Fsp3) is 0.792. The summed E-state index contributed by atoms with van der Waals surface area (Å²) in [7, 11) is 0. The van der Waals surface area contributed by atoms with E-state index in [0.29, 0.717) is 64.7 Å². The van der Waals surface area contributed by atoms with Crippen molar-refractivity contribution in [2.75, 3.05) is 104 Å². The number of thioether (sulfide) groups is 1. The van der Waals surface area contributed by atoms with Gasteiger partial charge in [-0.15, -0.1) is 0 Å². The predicted molar refractivity (Wildman–Crippen MR) is 277 cm³/mol. The van der Waals surface area contributed by atoms with Crippen LogP contribution in [0.1, 0.15) is 125 Å². The van der Waals surface area contributed by atoms with E-state index in [1.54, 1.807) is 13.8 Å². The van der Waals surface area contributed by atoms with Crippen LogP contribution >= 0.6 is 11.8 Å². The van der Waals surface area contributed by atoms with Crippen molar-refractivity contribution in [2.24, 2.45) is 29.0 Å². The maximum absolute atomic E-state index is 12.7. The number of primary amides is 2. The monoisotopic (exact) mass is 1040 g/mol. The SMILES string of the molecule is CCC.CSCCCC[NH-].C[C@@H](CCCCNC(=O)COCCOCCNC(=O)COCCOCCNC(=O)CCCC(=O)N[C@@H](CCCCN)C(=O)NCCCC[C@H](C)C(N)=O)C(N)=O.[CH-]=C=C.[HH].[K+]. The molecule has 0 saturated heterocycles. The van der Waals surface area contributed by atoms with Gasteiger partial charge in [0.05, 0.1) is 39.6 Å². The summed E-state index contributed by atoms with van der Waals surface area (Å²) in [5.41, 5.74) is 24.8. The third-order valence-electron chi connectivity index (χ3n) is 9.25. The normalized spacial score (nSPS) is 11.4. The second kappa shape index (κ2) is 60.9. The first-order valence-corrected chi connectivity index (χ1v) is 25.8. The molecule has 0 saturated carbocycles. The van der Waals surface area contributed by atoms with Gasteiger partial charge in [-0.2, -0.15) is 18.3 Å². The van der Waals surface area contributed by atoms with Gasteiger partial charge in [0, 0.05) is 52.3 Å². The smallest absolute Gasteiger partial charge is 0.677 e. The average molecular weight is 1050 g/mol. The summed E-state index contributed by atoms with van der Waals surface area (Å²) < 4.78 is 21.3. The van der Waals surface area contributed by atoms with Gasteiger partial charge in [0.2, 0.25) is 41.4 Å². The number of nitrogens with two attached hydrogens (primary N) is 3. The molecule has 0 unspecified atom stereocenters. The fourth-order valence-corrected chi connectivity index (χ4v) is 5.79. The molecule has 20 nitrogen and oxygen atoms in total. The third kappa shape index (κ3) is 61.7. The Morgan fingerprint density at radius 1 is 0.629 bits per heavy atom. The predicted octanol–water partition coefficient (Wildman–Crippen LogP) is 0.494. The van der Waals surface area contributed by atoms with Gasteiger partial charge < -0.3 is 74.2 Å². The number of rotatable bonds is 42. The molecule has 0 aromatic rings. The minimum Gasteiger partial charge on any atom is -0.677 e. The maximum atomic E-state index is 12.7. The Hall–Kier alpha value is -2.44. The molecule has 3 atom stereocenters. The van der Waals surface area contributed by atoms with E-state index in [-0.39, 0.29) is 185 Å². The summed E-state index contributed by atoms with van der Waals surface area (Å²) in [4.78, 5) is 83.2. The fourth-order valence-electron chi connectivity index (χ4n) is 5.29. The number of carbonyl (C=O) groups excluding carboxylic acids is 7. The van der Waals surface area contributed by atoms with Crippen molar-refractivity contribution in [3.63, 3.8) is 0 Å². The molecule has 0 fully saturated rings. The van der Waals surface area contributed by atoms with Crippen LogP contribution in [0, 0.1) is 18.4 Å². The molecule has 70 heavy (non-hydrogen) atoms. The first kappa shape index (κ1) is 76.5. The van der Waals surface area contributed by atoms with Crippen molar-refractivity contribution < 1.29 is 105 Å². The van der Waals surface area contributed by atoms with Gasteiger partial charge in [-0.05, 0) is 76.3 Å². The summed E-state index contributed by atoms with van der Waals surface area (Å²) in [6.07, 6.45) is 12.4. The number of ether oxygens (including phenoxy) is 4. The van der Waals surface area contributed by atoms with Crippen molar-refractivity contribution in [1.82, 2.24) is 26.6 Å². The Balaban J connectivity index is -0.000000621. The first-order chi connectivity index (χ1) is 33.1. The molecule has 0 spiro atoms. The van der Waals surface area contributed by atoms with Crippen LogP contribution in [0.25, 0.3) is 5.73 Å². The minimum absolute atomic E-state index is 0. The van der Waals surface area contributed by atoms with Crippen molar-refractivity contribution in [2.45, 2.75) is 130 Å². The molecule has 0 radical (unpaired) electrons. The van der Waals surface area contributed by atoms with Crippen LogP contribution in [-0.4, -0.2) is 152 Å². The molecule has 7 amide bonds. The van der Waals surface area contributed by atoms with Gasteiger partial charge in [-0.1, -0.05) is 53.4 Å². The molecule has 406 valence electrons. The quantitative estimate of drug-likeness (QED) is 0.0179. The topological polar surface area (TPSA) is 318 Å². The number of carbonyl (C=O) groups is 7. The van der Waals surface area contributed by atoms with Gasteiger partial charge in [0.15, 0.2) is 0 Å². The van der Waals surface area contributed by atoms with E-state index in [2.05, 4.69) is 59.8 Å². The van der Waals surface area contributed by atoms with Gasteiger partial charge in [0.25, 0.3) is 0 Å². The Morgan fingerprint density at radius 3 is 1.51 bits per heavy atom. The summed E-state index contributed by atoms with van der Waals surface area (Å²) >= 11 is 1.86. The Labute approximate surface area is 469 Å². The zero-order chi connectivity index (χ0) is 52.8. The van der Waals surface area contributed by atoms with E-state index in [0.717, 1.165) is 32.1 Å². The minimum atomic E-state index is -0.692. The summed E-state index contributed by atoms with van der Waals surface area (Å²) in [5, 5.41) is 13.7. The second-order valence-corrected chi connectivity index (χ2v) is 16.9. The summed E-state index contributed by atoms with van der Waals surface area (Å²) in [6.45, 7) is 19.1. The molecule has 0 rings (SSSR count). The largest absolute Gasteiger partial charge is 1.00 e. The van der Waals surface area contributed by atoms with E-state index in [1.165, 1.54) is 18.6 Å². The Bertz CT molecular complexity index is 1340. The third-order valence-corrected chi connectivity index (χ3v) is 9.95. The Kier molecular flexibility index (Phi) is 66.5. The zero-order valence-corrected chi connectivity index (χ0v) is 47.8. The van der Waals surface area contributed by atoms with Crippen LogP contribution in [-0.2, 0) is 52.5 Å². The standard InChI is InChI=1S/C37H70N8O11.C5H12NS.C3H8.C3H3.K.H2/c1-28(35(39)50)10-4-7-16-41-33(48)26-55-24-23-54-21-19-43-34(49)27-56-25-22-53-20-18-42-31(46)13-9-14-32(47)45-30(12-3-6-15-38)37(52)44-17-8-5-11-29(2)36(40)51;1-7-5-3-2-4-6;2*1-3-2;;/h28-30H,3-27,38H2,1-2H3,(H2,39,50)(H2,40,51)(H,41,48)(H,42,46)(H,43,49)(H,44,52)(H,45,47);6H,2-5H2,1H3;3H2,1-2H3;1H,2H2;;1H/q;-1;;-1;+1;/t28-,29-,30-;;;;;/m0...../s1. The van der Waals surface area contributed by atoms with Gasteiger partial charge in [0.1, 0.15) is 19.3 Å². The first-order valence-electron chi connectivity index (χ1n) is 24.4. The van der Waals surface area contributed by atoms with Crippen LogP contribution < -0.4 is 95.2 Å².